The normalized spacial score (nSPS) is 14.6. The van der Waals surface area contributed by atoms with Gasteiger partial charge in [0.2, 0.25) is 11.7 Å². The van der Waals surface area contributed by atoms with Crippen molar-refractivity contribution in [3.63, 3.8) is 0 Å². The van der Waals surface area contributed by atoms with Crippen LogP contribution in [0.3, 0.4) is 0 Å². The van der Waals surface area contributed by atoms with E-state index in [9.17, 15) is 15.2 Å². The molecule has 3 rings (SSSR count). The Bertz CT molecular complexity index is 973. The van der Waals surface area contributed by atoms with Crippen molar-refractivity contribution in [3.05, 3.63) is 29.1 Å². The van der Waals surface area contributed by atoms with Crippen molar-refractivity contribution in [1.82, 2.24) is 19.7 Å². The van der Waals surface area contributed by atoms with E-state index >= 15 is 0 Å². The van der Waals surface area contributed by atoms with Gasteiger partial charge in [-0.15, -0.1) is 10.2 Å². The number of aromatic nitrogens is 3. The predicted molar refractivity (Wildman–Crippen MR) is 102 cm³/mol. The van der Waals surface area contributed by atoms with E-state index in [1.165, 1.54) is 0 Å². The number of aromatic hydroxyl groups is 1. The minimum atomic E-state index is -0.459. The van der Waals surface area contributed by atoms with Crippen LogP contribution in [0.2, 0.25) is 0 Å². The van der Waals surface area contributed by atoms with Crippen LogP contribution in [0.4, 0.5) is 16.3 Å². The van der Waals surface area contributed by atoms with Crippen LogP contribution in [-0.4, -0.2) is 43.9 Å². The smallest absolute Gasteiger partial charge is 0.346 e. The SMILES string of the molecule is Cc1ccc(N=Nc2c(C#N)c(C(C)(C)C)nn2C(=O)N2CCCC2)c(O)n1. The Labute approximate surface area is 163 Å². The van der Waals surface area contributed by atoms with Crippen LogP contribution in [0.1, 0.15) is 50.6 Å². The topological polar surface area (TPSA) is 120 Å². The summed E-state index contributed by atoms with van der Waals surface area (Å²) < 4.78 is 1.15. The van der Waals surface area contributed by atoms with Gasteiger partial charge < -0.3 is 10.0 Å². The van der Waals surface area contributed by atoms with Crippen LogP contribution in [0.5, 0.6) is 5.88 Å². The molecule has 2 aromatic heterocycles. The predicted octanol–water partition coefficient (Wildman–Crippen LogP) is 3.94. The summed E-state index contributed by atoms with van der Waals surface area (Å²) >= 11 is 0. The molecule has 1 saturated heterocycles. The Morgan fingerprint density at radius 3 is 2.50 bits per heavy atom. The van der Waals surface area contributed by atoms with E-state index in [0.29, 0.717) is 24.5 Å². The average molecular weight is 381 g/mol. The van der Waals surface area contributed by atoms with Gasteiger partial charge in [-0.05, 0) is 31.9 Å². The van der Waals surface area contributed by atoms with Crippen LogP contribution >= 0.6 is 0 Å². The van der Waals surface area contributed by atoms with E-state index in [1.807, 2.05) is 20.8 Å². The molecule has 0 radical (unpaired) electrons. The van der Waals surface area contributed by atoms with E-state index in [-0.39, 0.29) is 29.0 Å². The van der Waals surface area contributed by atoms with Gasteiger partial charge in [-0.25, -0.2) is 9.78 Å². The molecular formula is C19H23N7O2. The minimum absolute atomic E-state index is 0.0595. The first-order valence-electron chi connectivity index (χ1n) is 9.13. The maximum Gasteiger partial charge on any atom is 0.346 e. The van der Waals surface area contributed by atoms with E-state index in [4.69, 9.17) is 0 Å². The summed E-state index contributed by atoms with van der Waals surface area (Å²) in [4.78, 5) is 18.6. The summed E-state index contributed by atoms with van der Waals surface area (Å²) in [6, 6.07) is 5.04. The number of azo groups is 1. The number of rotatable bonds is 2. The summed E-state index contributed by atoms with van der Waals surface area (Å²) in [5, 5.41) is 32.2. The van der Waals surface area contributed by atoms with E-state index < -0.39 is 5.41 Å². The van der Waals surface area contributed by atoms with Gasteiger partial charge >= 0.3 is 6.03 Å². The molecule has 0 saturated carbocycles. The lowest BCUT2D eigenvalue weighted by molar-refractivity contribution is 0.207. The number of hydrogen-bond donors (Lipinski definition) is 1. The number of carbonyl (C=O) groups is 1. The zero-order valence-corrected chi connectivity index (χ0v) is 16.5. The molecule has 9 nitrogen and oxygen atoms in total. The first-order valence-corrected chi connectivity index (χ1v) is 9.13. The molecule has 0 aromatic carbocycles. The summed E-state index contributed by atoms with van der Waals surface area (Å²) in [6.07, 6.45) is 1.87. The number of likely N-dealkylation sites (tertiary alicyclic amines) is 1. The molecule has 0 unspecified atom stereocenters. The number of aryl methyl sites for hydroxylation is 1. The Morgan fingerprint density at radius 2 is 1.93 bits per heavy atom. The maximum atomic E-state index is 13.0. The highest BCUT2D eigenvalue weighted by molar-refractivity contribution is 5.81. The number of nitriles is 1. The second kappa shape index (κ2) is 7.38. The Balaban J connectivity index is 2.11. The van der Waals surface area contributed by atoms with Gasteiger partial charge in [0, 0.05) is 24.2 Å². The maximum absolute atomic E-state index is 13.0. The average Bonchev–Trinajstić information content (AvgIpc) is 3.27. The molecule has 1 N–H and O–H groups in total. The highest BCUT2D eigenvalue weighted by Crippen LogP contribution is 2.34. The molecule has 1 aliphatic heterocycles. The monoisotopic (exact) mass is 381 g/mol. The first-order chi connectivity index (χ1) is 13.2. The first kappa shape index (κ1) is 19.5. The molecule has 0 bridgehead atoms. The van der Waals surface area contributed by atoms with Gasteiger partial charge in [0.1, 0.15) is 17.3 Å². The number of amides is 1. The number of pyridine rings is 1. The molecule has 2 aromatic rings. The van der Waals surface area contributed by atoms with Crippen molar-refractivity contribution in [3.8, 4) is 11.9 Å². The number of carbonyl (C=O) groups excluding carboxylic acids is 1. The summed E-state index contributed by atoms with van der Waals surface area (Å²) in [7, 11) is 0. The quantitative estimate of drug-likeness (QED) is 0.790. The van der Waals surface area contributed by atoms with Crippen LogP contribution in [0.25, 0.3) is 0 Å². The van der Waals surface area contributed by atoms with Gasteiger partial charge in [-0.1, -0.05) is 20.8 Å². The van der Waals surface area contributed by atoms with Gasteiger partial charge in [-0.2, -0.15) is 15.0 Å². The van der Waals surface area contributed by atoms with Crippen molar-refractivity contribution < 1.29 is 9.90 Å². The van der Waals surface area contributed by atoms with Gasteiger partial charge in [0.15, 0.2) is 0 Å². The highest BCUT2D eigenvalue weighted by Gasteiger charge is 2.31. The third-order valence-electron chi connectivity index (χ3n) is 4.49. The lowest BCUT2D eigenvalue weighted by Crippen LogP contribution is -2.32. The molecule has 0 aliphatic carbocycles. The molecular weight excluding hydrogens is 358 g/mol. The minimum Gasteiger partial charge on any atom is -0.492 e. The van der Waals surface area contributed by atoms with E-state index in [1.54, 1.807) is 24.0 Å². The van der Waals surface area contributed by atoms with E-state index in [0.717, 1.165) is 17.5 Å². The lowest BCUT2D eigenvalue weighted by atomic mass is 9.90. The Hall–Kier alpha value is -3.28. The third kappa shape index (κ3) is 3.71. The summed E-state index contributed by atoms with van der Waals surface area (Å²) in [5.41, 5.74) is 0.997. The second-order valence-electron chi connectivity index (χ2n) is 7.79. The molecule has 146 valence electrons. The van der Waals surface area contributed by atoms with Crippen molar-refractivity contribution >= 4 is 17.5 Å². The fourth-order valence-corrected chi connectivity index (χ4v) is 3.02. The van der Waals surface area contributed by atoms with Crippen molar-refractivity contribution in [2.45, 2.75) is 46.0 Å². The third-order valence-corrected chi connectivity index (χ3v) is 4.49. The molecule has 0 spiro atoms. The van der Waals surface area contributed by atoms with E-state index in [2.05, 4.69) is 26.4 Å². The van der Waals surface area contributed by atoms with Crippen LogP contribution in [0.15, 0.2) is 22.4 Å². The summed E-state index contributed by atoms with van der Waals surface area (Å²) in [5.74, 6) is -0.209. The van der Waals surface area contributed by atoms with Crippen molar-refractivity contribution in [2.75, 3.05) is 13.1 Å². The summed E-state index contributed by atoms with van der Waals surface area (Å²) in [6.45, 7) is 8.77. The molecule has 3 heterocycles. The molecule has 28 heavy (non-hydrogen) atoms. The number of hydrogen-bond acceptors (Lipinski definition) is 7. The largest absolute Gasteiger partial charge is 0.492 e. The fourth-order valence-electron chi connectivity index (χ4n) is 3.02. The number of nitrogens with zero attached hydrogens (tertiary/aromatic N) is 7. The lowest BCUT2D eigenvalue weighted by Gasteiger charge is -2.16. The van der Waals surface area contributed by atoms with Crippen LogP contribution in [-0.2, 0) is 5.41 Å². The van der Waals surface area contributed by atoms with Gasteiger partial charge in [0.05, 0.1) is 5.69 Å². The fraction of sp³-hybridized carbons (Fsp3) is 0.474. The zero-order chi connectivity index (χ0) is 20.5. The van der Waals surface area contributed by atoms with Crippen LogP contribution in [0, 0.1) is 18.3 Å². The molecule has 9 heteroatoms. The highest BCUT2D eigenvalue weighted by atomic mass is 16.3. The second-order valence-corrected chi connectivity index (χ2v) is 7.79. The van der Waals surface area contributed by atoms with Gasteiger partial charge in [-0.3, -0.25) is 0 Å². The molecule has 1 aliphatic rings. The molecule has 0 atom stereocenters. The zero-order valence-electron chi connectivity index (χ0n) is 16.5. The Morgan fingerprint density at radius 1 is 1.25 bits per heavy atom. The standard InChI is InChI=1S/C19H23N7O2/c1-12-7-8-14(17(27)21-12)22-23-16-13(11-20)15(19(2,3)4)24-26(16)18(28)25-9-5-6-10-25/h7-8H,5-6,9-10H2,1-4H3,(H,21,27). The van der Waals surface area contributed by atoms with Gasteiger partial charge in [0.25, 0.3) is 0 Å². The van der Waals surface area contributed by atoms with Crippen LogP contribution < -0.4 is 0 Å². The van der Waals surface area contributed by atoms with Crippen molar-refractivity contribution in [2.24, 2.45) is 10.2 Å². The molecule has 1 fully saturated rings. The van der Waals surface area contributed by atoms with Crippen molar-refractivity contribution in [1.29, 1.82) is 5.26 Å². The molecule has 1 amide bonds. The Kier molecular flexibility index (Phi) is 5.14.